The van der Waals surface area contributed by atoms with Crippen LogP contribution in [0.25, 0.3) is 0 Å². The van der Waals surface area contributed by atoms with Gasteiger partial charge in [-0.15, -0.1) is 0 Å². The summed E-state index contributed by atoms with van der Waals surface area (Å²) < 4.78 is 0. The van der Waals surface area contributed by atoms with E-state index >= 15 is 0 Å². The van der Waals surface area contributed by atoms with Crippen molar-refractivity contribution in [2.24, 2.45) is 0 Å². The number of benzene rings is 1. The molecule has 3 N–H and O–H groups in total. The fourth-order valence-corrected chi connectivity index (χ4v) is 3.70. The van der Waals surface area contributed by atoms with Gasteiger partial charge < -0.3 is 11.1 Å². The van der Waals surface area contributed by atoms with E-state index in [1.807, 2.05) is 0 Å². The maximum absolute atomic E-state index is 12.4. The SMILES string of the molecule is Nc1cccc(Cl)c1C(=O)NC1CCN2CCCCC12. The Morgan fingerprint density at radius 2 is 2.15 bits per heavy atom. The topological polar surface area (TPSA) is 58.4 Å². The molecule has 2 aliphatic rings. The zero-order valence-corrected chi connectivity index (χ0v) is 12.2. The Labute approximate surface area is 124 Å². The van der Waals surface area contributed by atoms with E-state index in [0.29, 0.717) is 22.3 Å². The van der Waals surface area contributed by atoms with E-state index in [2.05, 4.69) is 10.2 Å². The monoisotopic (exact) mass is 293 g/mol. The van der Waals surface area contributed by atoms with Crippen molar-refractivity contribution < 1.29 is 4.79 Å². The van der Waals surface area contributed by atoms with Crippen LogP contribution in [-0.4, -0.2) is 36.0 Å². The van der Waals surface area contributed by atoms with E-state index < -0.39 is 0 Å². The third kappa shape index (κ3) is 2.50. The minimum atomic E-state index is -0.148. The van der Waals surface area contributed by atoms with Crippen molar-refractivity contribution in [3.63, 3.8) is 0 Å². The first kappa shape index (κ1) is 13.7. The predicted octanol–water partition coefficient (Wildman–Crippen LogP) is 2.28. The quantitative estimate of drug-likeness (QED) is 0.823. The van der Waals surface area contributed by atoms with Crippen LogP contribution in [0.3, 0.4) is 0 Å². The molecule has 2 atom stereocenters. The van der Waals surface area contributed by atoms with E-state index in [1.165, 1.54) is 19.3 Å². The molecule has 2 unspecified atom stereocenters. The summed E-state index contributed by atoms with van der Waals surface area (Å²) in [7, 11) is 0. The van der Waals surface area contributed by atoms with Gasteiger partial charge in [-0.05, 0) is 37.9 Å². The second-order valence-corrected chi connectivity index (χ2v) is 6.08. The molecule has 0 spiro atoms. The Kier molecular flexibility index (Phi) is 3.85. The molecular weight excluding hydrogens is 274 g/mol. The van der Waals surface area contributed by atoms with Gasteiger partial charge in [-0.1, -0.05) is 24.1 Å². The summed E-state index contributed by atoms with van der Waals surface area (Å²) in [4.78, 5) is 14.9. The van der Waals surface area contributed by atoms with Gasteiger partial charge in [0.15, 0.2) is 0 Å². The number of nitrogens with zero attached hydrogens (tertiary/aromatic N) is 1. The van der Waals surface area contributed by atoms with E-state index in [1.54, 1.807) is 18.2 Å². The lowest BCUT2D eigenvalue weighted by atomic mass is 9.98. The van der Waals surface area contributed by atoms with Crippen LogP contribution in [0.1, 0.15) is 36.0 Å². The van der Waals surface area contributed by atoms with Crippen LogP contribution < -0.4 is 11.1 Å². The van der Waals surface area contributed by atoms with Crippen molar-refractivity contribution in [1.82, 2.24) is 10.2 Å². The maximum atomic E-state index is 12.4. The number of nitrogen functional groups attached to an aromatic ring is 1. The van der Waals surface area contributed by atoms with Gasteiger partial charge in [-0.2, -0.15) is 0 Å². The number of carbonyl (C=O) groups excluding carboxylic acids is 1. The van der Waals surface area contributed by atoms with Gasteiger partial charge in [0.25, 0.3) is 5.91 Å². The van der Waals surface area contributed by atoms with Gasteiger partial charge in [0.1, 0.15) is 0 Å². The second kappa shape index (κ2) is 5.62. The van der Waals surface area contributed by atoms with Crippen molar-refractivity contribution in [1.29, 1.82) is 0 Å². The van der Waals surface area contributed by atoms with Crippen LogP contribution in [0.15, 0.2) is 18.2 Å². The zero-order valence-electron chi connectivity index (χ0n) is 11.4. The third-order valence-electron chi connectivity index (χ3n) is 4.45. The lowest BCUT2D eigenvalue weighted by Gasteiger charge is -2.32. The predicted molar refractivity (Wildman–Crippen MR) is 80.9 cm³/mol. The molecule has 0 aromatic heterocycles. The molecule has 2 fully saturated rings. The zero-order chi connectivity index (χ0) is 14.1. The van der Waals surface area contributed by atoms with Gasteiger partial charge in [0.2, 0.25) is 0 Å². The summed E-state index contributed by atoms with van der Waals surface area (Å²) in [5.74, 6) is -0.148. The van der Waals surface area contributed by atoms with Crippen molar-refractivity contribution >= 4 is 23.2 Å². The minimum Gasteiger partial charge on any atom is -0.398 e. The first-order valence-corrected chi connectivity index (χ1v) is 7.63. The van der Waals surface area contributed by atoms with Crippen molar-refractivity contribution in [2.75, 3.05) is 18.8 Å². The number of nitrogens with two attached hydrogens (primary N) is 1. The number of hydrogen-bond acceptors (Lipinski definition) is 3. The number of piperidine rings is 1. The highest BCUT2D eigenvalue weighted by Crippen LogP contribution is 2.28. The molecule has 2 heterocycles. The average molecular weight is 294 g/mol. The standard InChI is InChI=1S/C15H20ClN3O/c16-10-4-3-5-11(17)14(10)15(20)18-12-7-9-19-8-2-1-6-13(12)19/h3-5,12-13H,1-2,6-9,17H2,(H,18,20). The third-order valence-corrected chi connectivity index (χ3v) is 4.76. The molecule has 5 heteroatoms. The molecule has 0 aliphatic carbocycles. The largest absolute Gasteiger partial charge is 0.398 e. The molecule has 1 aromatic rings. The minimum absolute atomic E-state index is 0.148. The van der Waals surface area contributed by atoms with Crippen molar-refractivity contribution in [2.45, 2.75) is 37.8 Å². The molecule has 4 nitrogen and oxygen atoms in total. The summed E-state index contributed by atoms with van der Waals surface area (Å²) in [6.45, 7) is 2.24. The number of anilines is 1. The lowest BCUT2D eigenvalue weighted by molar-refractivity contribution is 0.0916. The Hall–Kier alpha value is -1.26. The molecule has 1 aromatic carbocycles. The molecule has 2 saturated heterocycles. The Bertz CT molecular complexity index is 500. The van der Waals surface area contributed by atoms with Gasteiger partial charge >= 0.3 is 0 Å². The fourth-order valence-electron chi connectivity index (χ4n) is 3.44. The summed E-state index contributed by atoms with van der Waals surface area (Å²) in [5.41, 5.74) is 6.72. The van der Waals surface area contributed by atoms with Gasteiger partial charge in [0.05, 0.1) is 10.6 Å². The molecule has 108 valence electrons. The van der Waals surface area contributed by atoms with E-state index in [-0.39, 0.29) is 11.9 Å². The highest BCUT2D eigenvalue weighted by Gasteiger charge is 2.36. The van der Waals surface area contributed by atoms with Crippen LogP contribution in [-0.2, 0) is 0 Å². The number of amides is 1. The van der Waals surface area contributed by atoms with Gasteiger partial charge in [-0.3, -0.25) is 9.69 Å². The molecule has 0 radical (unpaired) electrons. The number of halogens is 1. The lowest BCUT2D eigenvalue weighted by Crippen LogP contribution is -2.46. The van der Waals surface area contributed by atoms with Crippen LogP contribution >= 0.6 is 11.6 Å². The Morgan fingerprint density at radius 1 is 1.30 bits per heavy atom. The number of rotatable bonds is 2. The molecule has 0 saturated carbocycles. The van der Waals surface area contributed by atoms with Crippen LogP contribution in [0.5, 0.6) is 0 Å². The molecular formula is C15H20ClN3O. The van der Waals surface area contributed by atoms with Gasteiger partial charge in [-0.25, -0.2) is 0 Å². The molecule has 3 rings (SSSR count). The maximum Gasteiger partial charge on any atom is 0.255 e. The van der Waals surface area contributed by atoms with E-state index in [9.17, 15) is 4.79 Å². The highest BCUT2D eigenvalue weighted by molar-refractivity contribution is 6.34. The second-order valence-electron chi connectivity index (χ2n) is 5.67. The Balaban J connectivity index is 1.73. The summed E-state index contributed by atoms with van der Waals surface area (Å²) in [6, 6.07) is 5.87. The number of nitrogens with one attached hydrogen (secondary N) is 1. The number of fused-ring (bicyclic) bond motifs is 1. The molecule has 0 bridgehead atoms. The first-order valence-electron chi connectivity index (χ1n) is 7.25. The highest BCUT2D eigenvalue weighted by atomic mass is 35.5. The smallest absolute Gasteiger partial charge is 0.255 e. The van der Waals surface area contributed by atoms with E-state index in [4.69, 9.17) is 17.3 Å². The average Bonchev–Trinajstić information content (AvgIpc) is 2.82. The molecule has 1 amide bonds. The fraction of sp³-hybridized carbons (Fsp3) is 0.533. The summed E-state index contributed by atoms with van der Waals surface area (Å²) in [6.07, 6.45) is 4.71. The molecule has 2 aliphatic heterocycles. The Morgan fingerprint density at radius 3 is 2.95 bits per heavy atom. The number of hydrogen-bond donors (Lipinski definition) is 2. The van der Waals surface area contributed by atoms with Crippen molar-refractivity contribution in [3.8, 4) is 0 Å². The van der Waals surface area contributed by atoms with Crippen LogP contribution in [0, 0.1) is 0 Å². The summed E-state index contributed by atoms with van der Waals surface area (Å²) >= 11 is 6.10. The van der Waals surface area contributed by atoms with Crippen LogP contribution in [0.4, 0.5) is 5.69 Å². The summed E-state index contributed by atoms with van der Waals surface area (Å²) in [5, 5.41) is 3.55. The normalized spacial score (nSPS) is 26.2. The first-order chi connectivity index (χ1) is 9.66. The van der Waals surface area contributed by atoms with Crippen molar-refractivity contribution in [3.05, 3.63) is 28.8 Å². The van der Waals surface area contributed by atoms with Crippen LogP contribution in [0.2, 0.25) is 5.02 Å². The van der Waals surface area contributed by atoms with Gasteiger partial charge in [0, 0.05) is 24.3 Å². The number of carbonyl (C=O) groups is 1. The molecule has 20 heavy (non-hydrogen) atoms. The van der Waals surface area contributed by atoms with E-state index in [0.717, 1.165) is 19.5 Å².